The zero-order valence-corrected chi connectivity index (χ0v) is 42.0. The van der Waals surface area contributed by atoms with Gasteiger partial charge in [0.1, 0.15) is 41.3 Å². The lowest BCUT2D eigenvalue weighted by atomic mass is 9.85. The number of nitrogens with one attached hydrogen (secondary N) is 3. The van der Waals surface area contributed by atoms with Crippen molar-refractivity contribution in [2.24, 2.45) is 10.4 Å². The van der Waals surface area contributed by atoms with Gasteiger partial charge in [-0.15, -0.1) is 32.9 Å². The van der Waals surface area contributed by atoms with Crippen LogP contribution in [0, 0.1) is 33.1 Å². The van der Waals surface area contributed by atoms with Crippen LogP contribution in [0.2, 0.25) is 5.02 Å². The third-order valence-corrected chi connectivity index (χ3v) is 14.9. The zero-order chi connectivity index (χ0) is 49.1. The van der Waals surface area contributed by atoms with Crippen molar-refractivity contribution in [1.29, 1.82) is 0 Å². The van der Waals surface area contributed by atoms with Crippen LogP contribution in [0.4, 0.5) is 0 Å². The van der Waals surface area contributed by atoms with Gasteiger partial charge in [-0.25, -0.2) is 4.98 Å². The number of β-amino-alcohol motifs (C(OH)–C–C–N with tert-alkyl or cyclic N) is 1. The number of halogens is 1. The van der Waals surface area contributed by atoms with Crippen LogP contribution in [0.3, 0.4) is 0 Å². The molecule has 3 aromatic heterocycles. The third-order valence-electron chi connectivity index (χ3n) is 12.4. The molecule has 69 heavy (non-hydrogen) atoms. The lowest BCUT2D eigenvalue weighted by molar-refractivity contribution is -0.144. The first kappa shape index (κ1) is 49.2. The van der Waals surface area contributed by atoms with E-state index in [0.29, 0.717) is 28.0 Å². The molecule has 2 aliphatic heterocycles. The Hall–Kier alpha value is -6.27. The predicted molar refractivity (Wildman–Crippen MR) is 268 cm³/mol. The monoisotopic (exact) mass is 989 g/mol. The Kier molecular flexibility index (Phi) is 14.8. The molecule has 4 atom stereocenters. The Balaban J connectivity index is 0.829. The number of benzene rings is 3. The summed E-state index contributed by atoms with van der Waals surface area (Å²) < 4.78 is 7.95. The number of hydrogen-bond acceptors (Lipinski definition) is 12. The number of aliphatic hydroxyl groups excluding tert-OH is 1. The highest BCUT2D eigenvalue weighted by molar-refractivity contribution is 7.15. The van der Waals surface area contributed by atoms with E-state index in [0.717, 1.165) is 54.0 Å². The molecular weight excluding hydrogens is 934 g/mol. The second-order valence-corrected chi connectivity index (χ2v) is 21.1. The number of thiophene rings is 1. The molecule has 6 aromatic rings. The smallest absolute Gasteiger partial charge is 0.246 e. The molecule has 0 saturated carbocycles. The van der Waals surface area contributed by atoms with Gasteiger partial charge in [0.25, 0.3) is 0 Å². The van der Waals surface area contributed by atoms with Crippen molar-refractivity contribution >= 4 is 63.6 Å². The number of aromatic nitrogens is 4. The minimum absolute atomic E-state index is 0.00653. The molecule has 4 N–H and O–H groups in total. The first-order chi connectivity index (χ1) is 32.9. The molecule has 0 bridgehead atoms. The van der Waals surface area contributed by atoms with Crippen LogP contribution in [0.1, 0.15) is 89.7 Å². The molecule has 4 amide bonds. The minimum Gasteiger partial charge on any atom is -0.492 e. The predicted octanol–water partition coefficient (Wildman–Crippen LogP) is 7.17. The number of carbonyl (C=O) groups is 4. The Bertz CT molecular complexity index is 2890. The summed E-state index contributed by atoms with van der Waals surface area (Å²) in [6, 6.07) is 20.0. The molecule has 3 aromatic carbocycles. The average molecular weight is 991 g/mol. The van der Waals surface area contributed by atoms with Gasteiger partial charge in [0.2, 0.25) is 23.6 Å². The van der Waals surface area contributed by atoms with Gasteiger partial charge in [-0.05, 0) is 79.6 Å². The standard InChI is InChI=1S/C51H56ClN9O6S2/c1-28-30(3)69-50-43(28)44(34-14-16-36(52)17-15-34)56-39(47-59-58-31(4)61(47)50)24-41(63)53-20-21-67-38-18-10-32(11-19-38)22-42(64)57-46(51(5,6)7)49(66)60-26-37(62)23-40(60)48(65)54-25-33-8-12-35(13-9-33)45-29(2)55-27-68-45/h8-19,27,37,39-40,46,62H,20-26H2,1-7H3,(H,53,63)(H,54,65)(H,57,64)/t37-,39+,40+,46?/m1/s1. The van der Waals surface area contributed by atoms with Gasteiger partial charge < -0.3 is 30.7 Å². The quantitative estimate of drug-likeness (QED) is 0.0773. The number of rotatable bonds is 15. The summed E-state index contributed by atoms with van der Waals surface area (Å²) in [5, 5.41) is 29.9. The van der Waals surface area contributed by atoms with Crippen molar-refractivity contribution in [2.75, 3.05) is 19.7 Å². The summed E-state index contributed by atoms with van der Waals surface area (Å²) in [4.78, 5) is 67.8. The number of thiazole rings is 1. The van der Waals surface area contributed by atoms with Crippen LogP contribution in [-0.2, 0) is 32.1 Å². The van der Waals surface area contributed by atoms with Crippen LogP contribution in [-0.4, -0.2) is 97.0 Å². The number of fused-ring (bicyclic) bond motifs is 3. The maximum atomic E-state index is 14.2. The van der Waals surface area contributed by atoms with Crippen LogP contribution in [0.15, 0.2) is 83.3 Å². The number of carbonyl (C=O) groups excluding carboxylic acids is 4. The van der Waals surface area contributed by atoms with Crippen LogP contribution in [0.5, 0.6) is 5.75 Å². The average Bonchev–Trinajstić information content (AvgIpc) is 4.09. The third kappa shape index (κ3) is 11.1. The summed E-state index contributed by atoms with van der Waals surface area (Å²) in [5.74, 6) is 0.463. The van der Waals surface area contributed by atoms with E-state index in [1.165, 1.54) is 4.90 Å². The second-order valence-electron chi connectivity index (χ2n) is 18.6. The Morgan fingerprint density at radius 3 is 2.28 bits per heavy atom. The van der Waals surface area contributed by atoms with Gasteiger partial charge in [-0.1, -0.05) is 80.9 Å². The minimum atomic E-state index is -0.962. The van der Waals surface area contributed by atoms with Crippen molar-refractivity contribution in [1.82, 2.24) is 40.6 Å². The summed E-state index contributed by atoms with van der Waals surface area (Å²) in [5.41, 5.74) is 8.46. The lowest BCUT2D eigenvalue weighted by Gasteiger charge is -2.35. The number of nitrogens with zero attached hydrogens (tertiary/aromatic N) is 6. The molecule has 5 heterocycles. The van der Waals surface area contributed by atoms with Gasteiger partial charge in [-0.2, -0.15) is 0 Å². The Morgan fingerprint density at radius 1 is 0.899 bits per heavy atom. The fraction of sp³-hybridized carbons (Fsp3) is 0.373. The molecule has 18 heteroatoms. The van der Waals surface area contributed by atoms with Gasteiger partial charge in [0, 0.05) is 40.5 Å². The largest absolute Gasteiger partial charge is 0.492 e. The highest BCUT2D eigenvalue weighted by Gasteiger charge is 2.44. The topological polar surface area (TPSA) is 193 Å². The molecule has 0 aliphatic carbocycles. The number of hydrogen-bond donors (Lipinski definition) is 4. The molecule has 2 aliphatic rings. The van der Waals surface area contributed by atoms with E-state index < -0.39 is 35.6 Å². The molecule has 0 radical (unpaired) electrons. The number of aliphatic hydroxyl groups is 1. The van der Waals surface area contributed by atoms with Crippen LogP contribution in [0.25, 0.3) is 15.4 Å². The van der Waals surface area contributed by atoms with Gasteiger partial charge >= 0.3 is 0 Å². The van der Waals surface area contributed by atoms with Gasteiger partial charge in [-0.3, -0.25) is 28.7 Å². The number of aliphatic imine (C=N–C) groups is 1. The fourth-order valence-corrected chi connectivity index (χ4v) is 10.8. The van der Waals surface area contributed by atoms with E-state index in [9.17, 15) is 24.3 Å². The molecule has 15 nitrogen and oxygen atoms in total. The lowest BCUT2D eigenvalue weighted by Crippen LogP contribution is -2.58. The normalized spacial score (nSPS) is 17.0. The van der Waals surface area contributed by atoms with Crippen molar-refractivity contribution in [2.45, 2.75) is 98.5 Å². The van der Waals surface area contributed by atoms with Gasteiger partial charge in [0.15, 0.2) is 5.82 Å². The van der Waals surface area contributed by atoms with E-state index in [-0.39, 0.29) is 63.2 Å². The van der Waals surface area contributed by atoms with Crippen LogP contribution < -0.4 is 20.7 Å². The fourth-order valence-electron chi connectivity index (χ4n) is 8.62. The summed E-state index contributed by atoms with van der Waals surface area (Å²) >= 11 is 9.47. The molecule has 360 valence electrons. The van der Waals surface area contributed by atoms with E-state index in [1.807, 2.05) is 93.2 Å². The molecule has 1 saturated heterocycles. The highest BCUT2D eigenvalue weighted by atomic mass is 35.5. The Labute approximate surface area is 414 Å². The zero-order valence-electron chi connectivity index (χ0n) is 39.6. The maximum Gasteiger partial charge on any atom is 0.246 e. The second kappa shape index (κ2) is 20.8. The van der Waals surface area contributed by atoms with Crippen molar-refractivity contribution in [3.05, 3.63) is 133 Å². The first-order valence-corrected chi connectivity index (χ1v) is 24.9. The number of likely N-dealkylation sites (tertiary alicyclic amines) is 1. The van der Waals surface area contributed by atoms with Crippen molar-refractivity contribution in [3.63, 3.8) is 0 Å². The molecule has 8 rings (SSSR count). The maximum absolute atomic E-state index is 14.2. The van der Waals surface area contributed by atoms with E-state index in [2.05, 4.69) is 45.0 Å². The molecule has 1 fully saturated rings. The first-order valence-electron chi connectivity index (χ1n) is 22.8. The van der Waals surface area contributed by atoms with E-state index >= 15 is 0 Å². The number of ether oxygens (including phenoxy) is 1. The summed E-state index contributed by atoms with van der Waals surface area (Å²) in [6.45, 7) is 14.2. The van der Waals surface area contributed by atoms with Crippen molar-refractivity contribution in [3.8, 4) is 21.2 Å². The number of amides is 4. The van der Waals surface area contributed by atoms with E-state index in [4.69, 9.17) is 21.3 Å². The van der Waals surface area contributed by atoms with Crippen LogP contribution >= 0.6 is 34.3 Å². The molecule has 1 unspecified atom stereocenters. The van der Waals surface area contributed by atoms with E-state index in [1.54, 1.807) is 46.9 Å². The van der Waals surface area contributed by atoms with Gasteiger partial charge in [0.05, 0.1) is 47.3 Å². The van der Waals surface area contributed by atoms with Crippen molar-refractivity contribution < 1.29 is 29.0 Å². The number of aryl methyl sites for hydroxylation is 3. The Morgan fingerprint density at radius 2 is 1.59 bits per heavy atom. The summed E-state index contributed by atoms with van der Waals surface area (Å²) in [7, 11) is 0. The summed E-state index contributed by atoms with van der Waals surface area (Å²) in [6.07, 6.45) is -0.751. The molecular formula is C51H56ClN9O6S2. The SMILES string of the molecule is Cc1ncsc1-c1ccc(CNC(=O)[C@@H]2C[C@@H](O)CN2C(=O)C(NC(=O)Cc2ccc(OCCNC(=O)C[C@@H]3N=C(c4ccc(Cl)cc4)c4c(sc(C)c4C)-n4c(C)nnc43)cc2)C(C)(C)C)cc1. The molecule has 0 spiro atoms. The highest BCUT2D eigenvalue weighted by Crippen LogP contribution is 2.40.